The number of rotatable bonds is 5. The summed E-state index contributed by atoms with van der Waals surface area (Å²) >= 11 is 5.77. The zero-order valence-electron chi connectivity index (χ0n) is 12.9. The Balaban J connectivity index is 2.21. The molecule has 5 nitrogen and oxygen atoms in total. The molecule has 0 spiro atoms. The lowest BCUT2D eigenvalue weighted by Crippen LogP contribution is -2.28. The highest BCUT2D eigenvalue weighted by atomic mass is 35.5. The number of nitrogens with one attached hydrogen (secondary N) is 1. The predicted molar refractivity (Wildman–Crippen MR) is 89.8 cm³/mol. The van der Waals surface area contributed by atoms with Gasteiger partial charge >= 0.3 is 0 Å². The van der Waals surface area contributed by atoms with E-state index in [-0.39, 0.29) is 28.2 Å². The third kappa shape index (κ3) is 4.07. The molecule has 0 unspecified atom stereocenters. The van der Waals surface area contributed by atoms with Crippen LogP contribution in [0.15, 0.2) is 42.5 Å². The molecule has 0 saturated heterocycles. The van der Waals surface area contributed by atoms with Gasteiger partial charge in [-0.25, -0.2) is 0 Å². The standard InChI is InChI=1S/C17H17ClN2O3/c1-3-15(12-6-4-11(2)5-7-12)19-17(21)13-8-9-14(18)16(10-13)20(22)23/h4-10,15H,3H2,1-2H3,(H,19,21)/t15-/m0/s1. The Kier molecular flexibility index (Phi) is 5.34. The van der Waals surface area contributed by atoms with E-state index in [4.69, 9.17) is 11.6 Å². The van der Waals surface area contributed by atoms with Crippen LogP contribution in [0.2, 0.25) is 5.02 Å². The van der Waals surface area contributed by atoms with E-state index in [2.05, 4.69) is 5.32 Å². The van der Waals surface area contributed by atoms with E-state index in [1.165, 1.54) is 18.2 Å². The van der Waals surface area contributed by atoms with Crippen LogP contribution >= 0.6 is 11.6 Å². The molecule has 0 heterocycles. The predicted octanol–water partition coefficient (Wildman–Crippen LogP) is 4.44. The number of carbonyl (C=O) groups is 1. The summed E-state index contributed by atoms with van der Waals surface area (Å²) in [7, 11) is 0. The fourth-order valence-electron chi connectivity index (χ4n) is 2.26. The van der Waals surface area contributed by atoms with Crippen molar-refractivity contribution in [3.63, 3.8) is 0 Å². The van der Waals surface area contributed by atoms with E-state index in [0.717, 1.165) is 11.1 Å². The van der Waals surface area contributed by atoms with Crippen LogP contribution in [0, 0.1) is 17.0 Å². The lowest BCUT2D eigenvalue weighted by atomic mass is 10.0. The van der Waals surface area contributed by atoms with Crippen LogP contribution in [-0.2, 0) is 0 Å². The Morgan fingerprint density at radius 2 is 1.91 bits per heavy atom. The van der Waals surface area contributed by atoms with Crippen molar-refractivity contribution in [3.05, 3.63) is 74.3 Å². The smallest absolute Gasteiger partial charge is 0.288 e. The number of amides is 1. The van der Waals surface area contributed by atoms with Crippen molar-refractivity contribution in [1.29, 1.82) is 0 Å². The minimum Gasteiger partial charge on any atom is -0.345 e. The van der Waals surface area contributed by atoms with Crippen LogP contribution in [0.5, 0.6) is 0 Å². The van der Waals surface area contributed by atoms with Crippen LogP contribution in [0.1, 0.15) is 40.9 Å². The lowest BCUT2D eigenvalue weighted by Gasteiger charge is -2.17. The Morgan fingerprint density at radius 1 is 1.26 bits per heavy atom. The molecular formula is C17H17ClN2O3. The summed E-state index contributed by atoms with van der Waals surface area (Å²) in [6.45, 7) is 3.96. The highest BCUT2D eigenvalue weighted by Crippen LogP contribution is 2.25. The molecule has 120 valence electrons. The van der Waals surface area contributed by atoms with Crippen LogP contribution in [-0.4, -0.2) is 10.8 Å². The van der Waals surface area contributed by atoms with Crippen molar-refractivity contribution in [2.75, 3.05) is 0 Å². The van der Waals surface area contributed by atoms with Gasteiger partial charge in [0.15, 0.2) is 0 Å². The van der Waals surface area contributed by atoms with E-state index in [1.807, 2.05) is 38.1 Å². The minimum atomic E-state index is -0.601. The van der Waals surface area contributed by atoms with Gasteiger partial charge in [-0.2, -0.15) is 0 Å². The first-order valence-corrected chi connectivity index (χ1v) is 7.61. The molecule has 2 aromatic carbocycles. The number of nitro benzene ring substituents is 1. The average Bonchev–Trinajstić information content (AvgIpc) is 2.53. The third-order valence-corrected chi connectivity index (χ3v) is 3.92. The number of aryl methyl sites for hydroxylation is 1. The fraction of sp³-hybridized carbons (Fsp3) is 0.235. The molecule has 0 aliphatic heterocycles. The number of nitrogens with zero attached hydrogens (tertiary/aromatic N) is 1. The first-order chi connectivity index (χ1) is 10.9. The average molecular weight is 333 g/mol. The van der Waals surface area contributed by atoms with Gasteiger partial charge < -0.3 is 5.32 Å². The molecule has 0 bridgehead atoms. The van der Waals surface area contributed by atoms with Crippen molar-refractivity contribution in [2.45, 2.75) is 26.3 Å². The molecule has 6 heteroatoms. The second-order valence-corrected chi connectivity index (χ2v) is 5.68. The third-order valence-electron chi connectivity index (χ3n) is 3.60. The molecule has 23 heavy (non-hydrogen) atoms. The second kappa shape index (κ2) is 7.24. The highest BCUT2D eigenvalue weighted by Gasteiger charge is 2.18. The minimum absolute atomic E-state index is 0.0112. The quantitative estimate of drug-likeness (QED) is 0.650. The summed E-state index contributed by atoms with van der Waals surface area (Å²) in [6.07, 6.45) is 0.713. The van der Waals surface area contributed by atoms with Gasteiger partial charge in [-0.15, -0.1) is 0 Å². The Morgan fingerprint density at radius 3 is 2.48 bits per heavy atom. The van der Waals surface area contributed by atoms with E-state index in [0.29, 0.717) is 6.42 Å². The number of carbonyl (C=O) groups excluding carboxylic acids is 1. The summed E-state index contributed by atoms with van der Waals surface area (Å²) in [4.78, 5) is 22.7. The Labute approximate surface area is 139 Å². The van der Waals surface area contributed by atoms with Crippen LogP contribution in [0.3, 0.4) is 0 Å². The maximum atomic E-state index is 12.4. The maximum Gasteiger partial charge on any atom is 0.288 e. The zero-order valence-corrected chi connectivity index (χ0v) is 13.6. The first kappa shape index (κ1) is 17.0. The summed E-state index contributed by atoms with van der Waals surface area (Å²) in [5.41, 5.74) is 2.08. The highest BCUT2D eigenvalue weighted by molar-refractivity contribution is 6.32. The van der Waals surface area contributed by atoms with E-state index < -0.39 is 4.92 Å². The maximum absolute atomic E-state index is 12.4. The molecule has 0 aliphatic rings. The fourth-order valence-corrected chi connectivity index (χ4v) is 2.44. The Bertz CT molecular complexity index is 729. The van der Waals surface area contributed by atoms with Crippen molar-refractivity contribution in [3.8, 4) is 0 Å². The molecular weight excluding hydrogens is 316 g/mol. The summed E-state index contributed by atoms with van der Waals surface area (Å²) in [5.74, 6) is -0.364. The van der Waals surface area contributed by atoms with Gasteiger partial charge in [-0.05, 0) is 31.0 Å². The van der Waals surface area contributed by atoms with Crippen molar-refractivity contribution < 1.29 is 9.72 Å². The van der Waals surface area contributed by atoms with Crippen molar-refractivity contribution >= 4 is 23.2 Å². The van der Waals surface area contributed by atoms with E-state index in [1.54, 1.807) is 0 Å². The molecule has 1 atom stereocenters. The molecule has 2 aromatic rings. The molecule has 0 saturated carbocycles. The van der Waals surface area contributed by atoms with Gasteiger partial charge in [0.2, 0.25) is 0 Å². The number of hydrogen-bond acceptors (Lipinski definition) is 3. The molecule has 0 radical (unpaired) electrons. The zero-order chi connectivity index (χ0) is 17.0. The monoisotopic (exact) mass is 332 g/mol. The van der Waals surface area contributed by atoms with Crippen LogP contribution in [0.25, 0.3) is 0 Å². The normalized spacial score (nSPS) is 11.8. The van der Waals surface area contributed by atoms with Gasteiger partial charge in [0.1, 0.15) is 5.02 Å². The lowest BCUT2D eigenvalue weighted by molar-refractivity contribution is -0.384. The van der Waals surface area contributed by atoms with Gasteiger partial charge in [0.25, 0.3) is 11.6 Å². The van der Waals surface area contributed by atoms with Crippen molar-refractivity contribution in [2.24, 2.45) is 0 Å². The van der Waals surface area contributed by atoms with Gasteiger partial charge in [0.05, 0.1) is 11.0 Å². The van der Waals surface area contributed by atoms with Gasteiger partial charge in [0, 0.05) is 11.6 Å². The van der Waals surface area contributed by atoms with Crippen LogP contribution in [0.4, 0.5) is 5.69 Å². The summed E-state index contributed by atoms with van der Waals surface area (Å²) in [5, 5.41) is 13.8. The largest absolute Gasteiger partial charge is 0.345 e. The number of benzene rings is 2. The molecule has 0 aromatic heterocycles. The topological polar surface area (TPSA) is 72.2 Å². The Hall–Kier alpha value is -2.40. The molecule has 2 rings (SSSR count). The first-order valence-electron chi connectivity index (χ1n) is 7.23. The molecule has 0 fully saturated rings. The molecule has 1 amide bonds. The number of nitro groups is 1. The van der Waals surface area contributed by atoms with Crippen molar-refractivity contribution in [1.82, 2.24) is 5.32 Å². The molecule has 0 aliphatic carbocycles. The van der Waals surface area contributed by atoms with Gasteiger partial charge in [-0.3, -0.25) is 14.9 Å². The van der Waals surface area contributed by atoms with E-state index in [9.17, 15) is 14.9 Å². The number of hydrogen-bond donors (Lipinski definition) is 1. The SMILES string of the molecule is CC[C@H](NC(=O)c1ccc(Cl)c([N+](=O)[O-])c1)c1ccc(C)cc1. The van der Waals surface area contributed by atoms with Crippen LogP contribution < -0.4 is 5.32 Å². The summed E-state index contributed by atoms with van der Waals surface area (Å²) < 4.78 is 0. The number of halogens is 1. The molecule has 1 N–H and O–H groups in total. The second-order valence-electron chi connectivity index (χ2n) is 5.27. The van der Waals surface area contributed by atoms with E-state index >= 15 is 0 Å². The van der Waals surface area contributed by atoms with Gasteiger partial charge in [-0.1, -0.05) is 48.4 Å². The summed E-state index contributed by atoms with van der Waals surface area (Å²) in [6, 6.07) is 11.8.